The number of ether oxygens (including phenoxy) is 1. The number of amidine groups is 1. The van der Waals surface area contributed by atoms with E-state index in [0.717, 1.165) is 22.6 Å². The van der Waals surface area contributed by atoms with Gasteiger partial charge in [0.15, 0.2) is 0 Å². The highest BCUT2D eigenvalue weighted by molar-refractivity contribution is 7.11. The molecule has 3 aromatic rings. The summed E-state index contributed by atoms with van der Waals surface area (Å²) in [5.74, 6) is 1.27. The highest BCUT2D eigenvalue weighted by atomic mass is 32.1. The van der Waals surface area contributed by atoms with Crippen molar-refractivity contribution in [3.05, 3.63) is 75.8 Å². The SMILES string of the molecule is COc1ccccc1CCN1C(=N)C(c2nc(-c3ccc(C#N)cc3)cs2)=C(O)C1C. The predicted molar refractivity (Wildman–Crippen MR) is 122 cm³/mol. The average molecular weight is 431 g/mol. The van der Waals surface area contributed by atoms with E-state index in [1.165, 1.54) is 11.3 Å². The molecule has 0 aliphatic carbocycles. The van der Waals surface area contributed by atoms with E-state index < -0.39 is 0 Å². The maximum Gasteiger partial charge on any atom is 0.135 e. The number of nitriles is 1. The molecule has 0 saturated carbocycles. The van der Waals surface area contributed by atoms with Crippen LogP contribution in [0.25, 0.3) is 16.8 Å². The molecule has 1 atom stereocenters. The van der Waals surface area contributed by atoms with E-state index in [2.05, 4.69) is 11.1 Å². The van der Waals surface area contributed by atoms with Crippen LogP contribution in [0.5, 0.6) is 5.75 Å². The van der Waals surface area contributed by atoms with Gasteiger partial charge in [0.05, 0.1) is 36.1 Å². The Bertz CT molecular complexity index is 1190. The maximum absolute atomic E-state index is 10.8. The van der Waals surface area contributed by atoms with Gasteiger partial charge in [0.1, 0.15) is 22.4 Å². The van der Waals surface area contributed by atoms with Gasteiger partial charge in [-0.3, -0.25) is 5.41 Å². The van der Waals surface area contributed by atoms with Gasteiger partial charge in [0.25, 0.3) is 0 Å². The normalized spacial score (nSPS) is 16.0. The van der Waals surface area contributed by atoms with E-state index in [1.54, 1.807) is 19.2 Å². The van der Waals surface area contributed by atoms with Gasteiger partial charge in [-0.15, -0.1) is 11.3 Å². The average Bonchev–Trinajstić information content (AvgIpc) is 3.36. The van der Waals surface area contributed by atoms with Crippen LogP contribution in [0, 0.1) is 16.7 Å². The van der Waals surface area contributed by atoms with Crippen molar-refractivity contribution in [3.8, 4) is 23.1 Å². The minimum atomic E-state index is -0.292. The fourth-order valence-corrected chi connectivity index (χ4v) is 4.60. The third kappa shape index (κ3) is 3.90. The van der Waals surface area contributed by atoms with Crippen LogP contribution in [-0.2, 0) is 6.42 Å². The van der Waals surface area contributed by atoms with Crippen molar-refractivity contribution < 1.29 is 9.84 Å². The number of para-hydroxylation sites is 1. The zero-order valence-electron chi connectivity index (χ0n) is 17.3. The van der Waals surface area contributed by atoms with Crippen molar-refractivity contribution in [2.24, 2.45) is 0 Å². The number of nitrogens with zero attached hydrogens (tertiary/aromatic N) is 3. The number of thiazole rings is 1. The molecular weight excluding hydrogens is 408 g/mol. The summed E-state index contributed by atoms with van der Waals surface area (Å²) in [5.41, 5.74) is 3.80. The monoisotopic (exact) mass is 430 g/mol. The van der Waals surface area contributed by atoms with Crippen LogP contribution >= 0.6 is 11.3 Å². The van der Waals surface area contributed by atoms with Crippen molar-refractivity contribution in [1.82, 2.24) is 9.88 Å². The van der Waals surface area contributed by atoms with Crippen LogP contribution < -0.4 is 4.74 Å². The van der Waals surface area contributed by atoms with E-state index in [4.69, 9.17) is 15.4 Å². The van der Waals surface area contributed by atoms with Crippen LogP contribution in [0.4, 0.5) is 0 Å². The van der Waals surface area contributed by atoms with Gasteiger partial charge in [-0.2, -0.15) is 5.26 Å². The third-order valence-electron chi connectivity index (χ3n) is 5.49. The summed E-state index contributed by atoms with van der Waals surface area (Å²) in [6, 6.07) is 16.9. The largest absolute Gasteiger partial charge is 0.509 e. The van der Waals surface area contributed by atoms with E-state index in [1.807, 2.05) is 53.6 Å². The molecule has 1 unspecified atom stereocenters. The second-order valence-electron chi connectivity index (χ2n) is 7.27. The molecule has 0 bridgehead atoms. The Balaban J connectivity index is 1.53. The topological polar surface area (TPSA) is 93.2 Å². The van der Waals surface area contributed by atoms with E-state index in [9.17, 15) is 5.11 Å². The molecular formula is C24H22N4O2S. The number of aliphatic hydroxyl groups is 1. The van der Waals surface area contributed by atoms with Crippen molar-refractivity contribution in [1.29, 1.82) is 10.7 Å². The quantitative estimate of drug-likeness (QED) is 0.581. The second-order valence-corrected chi connectivity index (χ2v) is 8.13. The number of benzene rings is 2. The lowest BCUT2D eigenvalue weighted by atomic mass is 10.1. The van der Waals surface area contributed by atoms with Gasteiger partial charge >= 0.3 is 0 Å². The number of nitrogens with one attached hydrogen (secondary N) is 1. The first-order valence-electron chi connectivity index (χ1n) is 9.90. The van der Waals surface area contributed by atoms with Crippen molar-refractivity contribution in [3.63, 3.8) is 0 Å². The lowest BCUT2D eigenvalue weighted by Gasteiger charge is -2.24. The van der Waals surface area contributed by atoms with Gasteiger partial charge in [-0.05, 0) is 37.1 Å². The molecule has 4 rings (SSSR count). The van der Waals surface area contributed by atoms with Crippen LogP contribution in [-0.4, -0.2) is 40.5 Å². The number of aromatic nitrogens is 1. The molecule has 2 heterocycles. The molecule has 0 radical (unpaired) electrons. The van der Waals surface area contributed by atoms with Crippen molar-refractivity contribution in [2.75, 3.05) is 13.7 Å². The standard InChI is InChI=1S/C24H22N4O2S/c1-15-22(29)21(23(26)28(15)12-11-18-5-3-4-6-20(18)30-2)24-27-19(14-31-24)17-9-7-16(13-25)8-10-17/h3-10,14-15,26,29H,11-12H2,1-2H3. The van der Waals surface area contributed by atoms with E-state index in [-0.39, 0.29) is 17.6 Å². The summed E-state index contributed by atoms with van der Waals surface area (Å²) in [7, 11) is 1.65. The molecule has 0 amide bonds. The van der Waals surface area contributed by atoms with Crippen molar-refractivity contribution in [2.45, 2.75) is 19.4 Å². The summed E-state index contributed by atoms with van der Waals surface area (Å²) >= 11 is 1.40. The summed E-state index contributed by atoms with van der Waals surface area (Å²) in [6.45, 7) is 2.48. The van der Waals surface area contributed by atoms with Gasteiger partial charge in [-0.25, -0.2) is 4.98 Å². The summed E-state index contributed by atoms with van der Waals surface area (Å²) in [6.07, 6.45) is 0.700. The second kappa shape index (κ2) is 8.62. The molecule has 2 aromatic carbocycles. The number of aliphatic hydroxyl groups excluding tert-OH is 1. The van der Waals surface area contributed by atoms with Crippen LogP contribution in [0.15, 0.2) is 59.7 Å². The smallest absolute Gasteiger partial charge is 0.135 e. The van der Waals surface area contributed by atoms with Crippen molar-refractivity contribution >= 4 is 22.7 Å². The lowest BCUT2D eigenvalue weighted by Crippen LogP contribution is -2.35. The first-order valence-corrected chi connectivity index (χ1v) is 10.8. The number of hydrogen-bond donors (Lipinski definition) is 2. The number of rotatable bonds is 6. The molecule has 0 fully saturated rings. The summed E-state index contributed by atoms with van der Waals surface area (Å²) < 4.78 is 5.43. The van der Waals surface area contributed by atoms with Crippen LogP contribution in [0.3, 0.4) is 0 Å². The Morgan fingerprint density at radius 2 is 1.97 bits per heavy atom. The van der Waals surface area contributed by atoms with E-state index in [0.29, 0.717) is 29.1 Å². The first kappa shape index (κ1) is 20.6. The minimum Gasteiger partial charge on any atom is -0.509 e. The molecule has 31 heavy (non-hydrogen) atoms. The Morgan fingerprint density at radius 1 is 1.23 bits per heavy atom. The molecule has 2 N–H and O–H groups in total. The Labute approximate surface area is 185 Å². The lowest BCUT2D eigenvalue weighted by molar-refractivity contribution is 0.286. The van der Waals surface area contributed by atoms with Crippen LogP contribution in [0.2, 0.25) is 0 Å². The molecule has 0 spiro atoms. The number of hydrogen-bond acceptors (Lipinski definition) is 6. The molecule has 1 aliphatic rings. The molecule has 7 heteroatoms. The zero-order chi connectivity index (χ0) is 22.0. The Kier molecular flexibility index (Phi) is 5.74. The Morgan fingerprint density at radius 3 is 2.68 bits per heavy atom. The summed E-state index contributed by atoms with van der Waals surface area (Å²) in [5, 5.41) is 31.0. The minimum absolute atomic E-state index is 0.172. The van der Waals surface area contributed by atoms with Gasteiger partial charge in [0, 0.05) is 17.5 Å². The molecule has 1 aromatic heterocycles. The Hall–Kier alpha value is -3.63. The molecule has 0 saturated heterocycles. The van der Waals surface area contributed by atoms with Gasteiger partial charge in [-0.1, -0.05) is 30.3 Å². The zero-order valence-corrected chi connectivity index (χ0v) is 18.1. The predicted octanol–water partition coefficient (Wildman–Crippen LogP) is 4.88. The summed E-state index contributed by atoms with van der Waals surface area (Å²) in [4.78, 5) is 6.55. The number of methoxy groups -OCH3 is 1. The third-order valence-corrected chi connectivity index (χ3v) is 6.35. The van der Waals surface area contributed by atoms with Gasteiger partial charge < -0.3 is 14.7 Å². The highest BCUT2D eigenvalue weighted by Gasteiger charge is 2.36. The molecule has 156 valence electrons. The van der Waals surface area contributed by atoms with E-state index >= 15 is 0 Å². The fourth-order valence-electron chi connectivity index (χ4n) is 3.72. The fraction of sp³-hybridized carbons (Fsp3) is 0.208. The molecule has 1 aliphatic heterocycles. The van der Waals surface area contributed by atoms with Crippen LogP contribution in [0.1, 0.15) is 23.1 Å². The highest BCUT2D eigenvalue weighted by Crippen LogP contribution is 2.35. The maximum atomic E-state index is 10.8. The molecule has 6 nitrogen and oxygen atoms in total. The van der Waals surface area contributed by atoms with Gasteiger partial charge in [0.2, 0.25) is 0 Å². The first-order chi connectivity index (χ1) is 15.0.